The van der Waals surface area contributed by atoms with Crippen molar-refractivity contribution in [3.8, 4) is 22.6 Å². The van der Waals surface area contributed by atoms with Crippen molar-refractivity contribution >= 4 is 11.6 Å². The lowest BCUT2D eigenvalue weighted by Crippen LogP contribution is -2.30. The van der Waals surface area contributed by atoms with E-state index in [0.29, 0.717) is 29.4 Å². The molecule has 1 amide bonds. The van der Waals surface area contributed by atoms with Gasteiger partial charge in [0.05, 0.1) is 7.11 Å². The molecule has 3 aromatic rings. The normalized spacial score (nSPS) is 10.8. The van der Waals surface area contributed by atoms with Gasteiger partial charge in [0, 0.05) is 36.3 Å². The molecular weight excluding hydrogens is 414 g/mol. The number of hydrogen-bond acceptors (Lipinski definition) is 5. The van der Waals surface area contributed by atoms with Crippen molar-refractivity contribution in [2.24, 2.45) is 0 Å². The predicted molar refractivity (Wildman–Crippen MR) is 133 cm³/mol. The molecule has 1 N–H and O–H groups in total. The Balaban J connectivity index is 1.64. The van der Waals surface area contributed by atoms with Gasteiger partial charge >= 0.3 is 0 Å². The molecule has 0 aliphatic rings. The van der Waals surface area contributed by atoms with E-state index in [-0.39, 0.29) is 5.91 Å². The SMILES string of the molecule is CCCN(CCC)CCOc1cc(NC(=O)c2ccc(-c3cccnc3)cc2)ccc1OC. The molecule has 2 aromatic carbocycles. The van der Waals surface area contributed by atoms with Gasteiger partial charge in [-0.1, -0.05) is 32.0 Å². The summed E-state index contributed by atoms with van der Waals surface area (Å²) in [6, 6.07) is 16.8. The first-order chi connectivity index (χ1) is 16.1. The first-order valence-corrected chi connectivity index (χ1v) is 11.5. The lowest BCUT2D eigenvalue weighted by Gasteiger charge is -2.21. The molecule has 1 aromatic heterocycles. The molecule has 0 unspecified atom stereocenters. The van der Waals surface area contributed by atoms with Crippen LogP contribution in [0.5, 0.6) is 11.5 Å². The summed E-state index contributed by atoms with van der Waals surface area (Å²) in [6.45, 7) is 7.90. The molecule has 0 bridgehead atoms. The summed E-state index contributed by atoms with van der Waals surface area (Å²) >= 11 is 0. The monoisotopic (exact) mass is 447 g/mol. The molecule has 1 heterocycles. The molecule has 6 nitrogen and oxygen atoms in total. The van der Waals surface area contributed by atoms with Crippen molar-refractivity contribution in [3.63, 3.8) is 0 Å². The van der Waals surface area contributed by atoms with Gasteiger partial charge in [-0.05, 0) is 67.4 Å². The van der Waals surface area contributed by atoms with E-state index in [1.807, 2.05) is 54.6 Å². The Morgan fingerprint density at radius 3 is 2.33 bits per heavy atom. The van der Waals surface area contributed by atoms with Crippen LogP contribution in [0.1, 0.15) is 37.0 Å². The molecule has 0 saturated heterocycles. The van der Waals surface area contributed by atoms with Crippen molar-refractivity contribution < 1.29 is 14.3 Å². The molecule has 0 aliphatic carbocycles. The lowest BCUT2D eigenvalue weighted by atomic mass is 10.1. The van der Waals surface area contributed by atoms with Crippen molar-refractivity contribution in [2.75, 3.05) is 38.7 Å². The van der Waals surface area contributed by atoms with Gasteiger partial charge in [0.25, 0.3) is 5.91 Å². The number of pyridine rings is 1. The average molecular weight is 448 g/mol. The maximum Gasteiger partial charge on any atom is 0.255 e. The molecule has 0 atom stereocenters. The highest BCUT2D eigenvalue weighted by Gasteiger charge is 2.11. The molecule has 174 valence electrons. The molecule has 0 spiro atoms. The fraction of sp³-hybridized carbons (Fsp3) is 0.333. The summed E-state index contributed by atoms with van der Waals surface area (Å²) < 4.78 is 11.5. The van der Waals surface area contributed by atoms with E-state index in [0.717, 1.165) is 43.6 Å². The van der Waals surface area contributed by atoms with Crippen LogP contribution in [-0.2, 0) is 0 Å². The number of ether oxygens (including phenoxy) is 2. The van der Waals surface area contributed by atoms with Crippen LogP contribution in [0.15, 0.2) is 67.0 Å². The minimum atomic E-state index is -0.180. The van der Waals surface area contributed by atoms with E-state index in [4.69, 9.17) is 9.47 Å². The number of nitrogens with one attached hydrogen (secondary N) is 1. The number of rotatable bonds is 12. The van der Waals surface area contributed by atoms with Crippen molar-refractivity contribution in [2.45, 2.75) is 26.7 Å². The maximum atomic E-state index is 12.8. The van der Waals surface area contributed by atoms with Crippen LogP contribution in [0.4, 0.5) is 5.69 Å². The largest absolute Gasteiger partial charge is 0.493 e. The average Bonchev–Trinajstić information content (AvgIpc) is 2.85. The topological polar surface area (TPSA) is 63.7 Å². The molecule has 6 heteroatoms. The second-order valence-corrected chi connectivity index (χ2v) is 7.83. The number of carbonyl (C=O) groups is 1. The van der Waals surface area contributed by atoms with Crippen LogP contribution >= 0.6 is 0 Å². The Hall–Kier alpha value is -3.38. The molecule has 33 heavy (non-hydrogen) atoms. The zero-order valence-electron chi connectivity index (χ0n) is 19.7. The minimum absolute atomic E-state index is 0.180. The zero-order valence-corrected chi connectivity index (χ0v) is 19.7. The van der Waals surface area contributed by atoms with Crippen molar-refractivity contribution in [3.05, 3.63) is 72.6 Å². The molecule has 0 fully saturated rings. The van der Waals surface area contributed by atoms with Crippen LogP contribution in [-0.4, -0.2) is 49.1 Å². The number of benzene rings is 2. The van der Waals surface area contributed by atoms with E-state index < -0.39 is 0 Å². The van der Waals surface area contributed by atoms with Gasteiger partial charge in [-0.15, -0.1) is 0 Å². The van der Waals surface area contributed by atoms with E-state index in [2.05, 4.69) is 29.0 Å². The Morgan fingerprint density at radius 2 is 1.70 bits per heavy atom. The number of hydrogen-bond donors (Lipinski definition) is 1. The summed E-state index contributed by atoms with van der Waals surface area (Å²) in [5, 5.41) is 2.95. The van der Waals surface area contributed by atoms with Gasteiger partial charge in [-0.2, -0.15) is 0 Å². The van der Waals surface area contributed by atoms with E-state index in [9.17, 15) is 4.79 Å². The van der Waals surface area contributed by atoms with Crippen LogP contribution in [0.3, 0.4) is 0 Å². The summed E-state index contributed by atoms with van der Waals surface area (Å²) in [5.74, 6) is 1.09. The number of anilines is 1. The highest BCUT2D eigenvalue weighted by molar-refractivity contribution is 6.04. The molecule has 3 rings (SSSR count). The Bertz CT molecular complexity index is 1000. The van der Waals surface area contributed by atoms with Crippen molar-refractivity contribution in [1.82, 2.24) is 9.88 Å². The molecule has 0 radical (unpaired) electrons. The van der Waals surface area contributed by atoms with Crippen LogP contribution in [0.25, 0.3) is 11.1 Å². The quantitative estimate of drug-likeness (QED) is 0.397. The van der Waals surface area contributed by atoms with Gasteiger partial charge in [0.15, 0.2) is 11.5 Å². The number of carbonyl (C=O) groups excluding carboxylic acids is 1. The van der Waals surface area contributed by atoms with Crippen LogP contribution < -0.4 is 14.8 Å². The highest BCUT2D eigenvalue weighted by atomic mass is 16.5. The Morgan fingerprint density at radius 1 is 0.939 bits per heavy atom. The Kier molecular flexibility index (Phi) is 9.27. The number of nitrogens with zero attached hydrogens (tertiary/aromatic N) is 2. The fourth-order valence-corrected chi connectivity index (χ4v) is 3.67. The van der Waals surface area contributed by atoms with E-state index in [1.165, 1.54) is 0 Å². The smallest absolute Gasteiger partial charge is 0.255 e. The third kappa shape index (κ3) is 7.05. The molecular formula is C27H33N3O3. The summed E-state index contributed by atoms with van der Waals surface area (Å²) in [5.41, 5.74) is 3.26. The predicted octanol–water partition coefficient (Wildman–Crippen LogP) is 5.51. The third-order valence-corrected chi connectivity index (χ3v) is 5.31. The first-order valence-electron chi connectivity index (χ1n) is 11.5. The highest BCUT2D eigenvalue weighted by Crippen LogP contribution is 2.30. The van der Waals surface area contributed by atoms with Crippen LogP contribution in [0.2, 0.25) is 0 Å². The fourth-order valence-electron chi connectivity index (χ4n) is 3.67. The summed E-state index contributed by atoms with van der Waals surface area (Å²) in [4.78, 5) is 19.3. The summed E-state index contributed by atoms with van der Waals surface area (Å²) in [6.07, 6.45) is 5.78. The maximum absolute atomic E-state index is 12.8. The van der Waals surface area contributed by atoms with Gasteiger partial charge < -0.3 is 14.8 Å². The standard InChI is InChI=1S/C27H33N3O3/c1-4-15-30(16-5-2)17-18-33-26-19-24(12-13-25(26)32-3)29-27(31)22-10-8-21(9-11-22)23-7-6-14-28-20-23/h6-14,19-20H,4-5,15-18H2,1-3H3,(H,29,31). The number of amides is 1. The second-order valence-electron chi connectivity index (χ2n) is 7.83. The Labute approximate surface area is 196 Å². The molecule has 0 aliphatic heterocycles. The number of methoxy groups -OCH3 is 1. The van der Waals surface area contributed by atoms with Gasteiger partial charge in [-0.25, -0.2) is 0 Å². The second kappa shape index (κ2) is 12.6. The van der Waals surface area contributed by atoms with E-state index in [1.54, 1.807) is 19.5 Å². The van der Waals surface area contributed by atoms with E-state index >= 15 is 0 Å². The minimum Gasteiger partial charge on any atom is -0.493 e. The van der Waals surface area contributed by atoms with Gasteiger partial charge in [0.1, 0.15) is 6.61 Å². The van der Waals surface area contributed by atoms with Gasteiger partial charge in [-0.3, -0.25) is 14.7 Å². The number of aromatic nitrogens is 1. The third-order valence-electron chi connectivity index (χ3n) is 5.31. The summed E-state index contributed by atoms with van der Waals surface area (Å²) in [7, 11) is 1.62. The lowest BCUT2D eigenvalue weighted by molar-refractivity contribution is 0.102. The van der Waals surface area contributed by atoms with Gasteiger partial charge in [0.2, 0.25) is 0 Å². The first kappa shape index (κ1) is 24.3. The van der Waals surface area contributed by atoms with Crippen molar-refractivity contribution in [1.29, 1.82) is 0 Å². The zero-order chi connectivity index (χ0) is 23.5. The van der Waals surface area contributed by atoms with Crippen LogP contribution in [0, 0.1) is 0 Å². The molecule has 0 saturated carbocycles.